The normalized spacial score (nSPS) is 15.5. The van der Waals surface area contributed by atoms with Crippen molar-refractivity contribution in [2.45, 2.75) is 0 Å². The quantitative estimate of drug-likeness (QED) is 0.737. The molecule has 0 atom stereocenters. The smallest absolute Gasteiger partial charge is 0.227 e. The number of ketones is 1. The molecule has 0 aliphatic heterocycles. The van der Waals surface area contributed by atoms with E-state index in [1.165, 1.54) is 6.08 Å². The van der Waals surface area contributed by atoms with E-state index in [-0.39, 0.29) is 5.57 Å². The number of hydrogen-bond acceptors (Lipinski definition) is 3. The Kier molecular flexibility index (Phi) is 3.96. The number of Topliss-reactive ketones (excluding diaryl/α,β-unsaturated/α-hetero) is 1. The monoisotopic (exact) mass is 341 g/mol. The predicted molar refractivity (Wildman–Crippen MR) is 90.4 cm³/mol. The standard InChI is InChI=1S/C18H9Cl2NO2/c19-14-6-3-7-15(20)17(14)13(9-21)12-8-16(22)18(23)11-5-2-1-4-10(11)12/h1-8,22H/b13-12-. The molecule has 3 rings (SSSR count). The second-order valence-corrected chi connectivity index (χ2v) is 5.72. The Morgan fingerprint density at radius 2 is 1.61 bits per heavy atom. The molecule has 3 nitrogen and oxygen atoms in total. The third-order valence-electron chi connectivity index (χ3n) is 3.57. The third kappa shape index (κ3) is 2.53. The van der Waals surface area contributed by atoms with E-state index in [4.69, 9.17) is 23.2 Å². The summed E-state index contributed by atoms with van der Waals surface area (Å²) in [4.78, 5) is 12.1. The van der Waals surface area contributed by atoms with Crippen LogP contribution in [-0.2, 0) is 0 Å². The maximum absolute atomic E-state index is 12.1. The number of aliphatic hydroxyl groups excluding tert-OH is 1. The minimum atomic E-state index is -0.480. The van der Waals surface area contributed by atoms with Crippen LogP contribution < -0.4 is 0 Å². The van der Waals surface area contributed by atoms with Gasteiger partial charge in [0.05, 0.1) is 15.6 Å². The number of nitriles is 1. The van der Waals surface area contributed by atoms with Crippen molar-refractivity contribution in [3.8, 4) is 6.07 Å². The molecular formula is C18H9Cl2NO2. The Morgan fingerprint density at radius 3 is 2.22 bits per heavy atom. The Hall–Kier alpha value is -2.54. The second kappa shape index (κ2) is 5.92. The molecule has 1 N–H and O–H groups in total. The highest BCUT2D eigenvalue weighted by molar-refractivity contribution is 6.38. The van der Waals surface area contributed by atoms with Crippen molar-refractivity contribution in [3.05, 3.63) is 81.0 Å². The minimum absolute atomic E-state index is 0.201. The summed E-state index contributed by atoms with van der Waals surface area (Å²) < 4.78 is 0. The van der Waals surface area contributed by atoms with Gasteiger partial charge >= 0.3 is 0 Å². The lowest BCUT2D eigenvalue weighted by Crippen LogP contribution is -2.12. The topological polar surface area (TPSA) is 61.1 Å². The number of halogens is 2. The van der Waals surface area contributed by atoms with Gasteiger partial charge in [-0.05, 0) is 23.8 Å². The van der Waals surface area contributed by atoms with Crippen molar-refractivity contribution < 1.29 is 9.90 Å². The summed E-state index contributed by atoms with van der Waals surface area (Å²) in [5.41, 5.74) is 1.88. The van der Waals surface area contributed by atoms with Crippen LogP contribution in [0.2, 0.25) is 10.0 Å². The first-order valence-electron chi connectivity index (χ1n) is 6.68. The van der Waals surface area contributed by atoms with Gasteiger partial charge in [-0.15, -0.1) is 0 Å². The molecule has 1 aliphatic rings. The first-order chi connectivity index (χ1) is 11.0. The Bertz CT molecular complexity index is 916. The number of fused-ring (bicyclic) bond motifs is 1. The van der Waals surface area contributed by atoms with Crippen molar-refractivity contribution in [3.63, 3.8) is 0 Å². The fourth-order valence-electron chi connectivity index (χ4n) is 2.53. The van der Waals surface area contributed by atoms with Gasteiger partial charge in [-0.2, -0.15) is 5.26 Å². The fraction of sp³-hybridized carbons (Fsp3) is 0. The Labute approximate surface area is 142 Å². The third-order valence-corrected chi connectivity index (χ3v) is 4.20. The van der Waals surface area contributed by atoms with E-state index in [1.54, 1.807) is 42.5 Å². The van der Waals surface area contributed by atoms with E-state index in [0.29, 0.717) is 32.3 Å². The van der Waals surface area contributed by atoms with Gasteiger partial charge in [0.15, 0.2) is 5.76 Å². The fourth-order valence-corrected chi connectivity index (χ4v) is 3.11. The Morgan fingerprint density at radius 1 is 1.00 bits per heavy atom. The molecular weight excluding hydrogens is 333 g/mol. The number of aliphatic hydroxyl groups is 1. The lowest BCUT2D eigenvalue weighted by Gasteiger charge is -2.17. The summed E-state index contributed by atoms with van der Waals surface area (Å²) in [6.07, 6.45) is 1.28. The van der Waals surface area contributed by atoms with Crippen molar-refractivity contribution in [1.82, 2.24) is 0 Å². The minimum Gasteiger partial charge on any atom is -0.504 e. The van der Waals surface area contributed by atoms with Gasteiger partial charge in [-0.3, -0.25) is 4.79 Å². The molecule has 0 aromatic heterocycles. The number of allylic oxidation sites excluding steroid dienone is 4. The number of benzene rings is 2. The maximum atomic E-state index is 12.1. The van der Waals surface area contributed by atoms with Crippen LogP contribution in [0.4, 0.5) is 0 Å². The van der Waals surface area contributed by atoms with Crippen LogP contribution >= 0.6 is 23.2 Å². The van der Waals surface area contributed by atoms with Crippen LogP contribution in [0.25, 0.3) is 11.1 Å². The number of rotatable bonds is 1. The van der Waals surface area contributed by atoms with Crippen LogP contribution in [0.1, 0.15) is 21.5 Å². The lowest BCUT2D eigenvalue weighted by molar-refractivity contribution is 0.0976. The predicted octanol–water partition coefficient (Wildman–Crippen LogP) is 5.07. The van der Waals surface area contributed by atoms with Gasteiger partial charge in [0.2, 0.25) is 5.78 Å². The van der Waals surface area contributed by atoms with Gasteiger partial charge < -0.3 is 5.11 Å². The lowest BCUT2D eigenvalue weighted by atomic mass is 9.86. The zero-order chi connectivity index (χ0) is 16.6. The van der Waals surface area contributed by atoms with Crippen LogP contribution in [-0.4, -0.2) is 10.9 Å². The molecule has 0 bridgehead atoms. The van der Waals surface area contributed by atoms with Gasteiger partial charge in [-0.1, -0.05) is 53.5 Å². The molecule has 0 unspecified atom stereocenters. The Balaban J connectivity index is 2.40. The first-order valence-corrected chi connectivity index (χ1v) is 7.43. The highest BCUT2D eigenvalue weighted by atomic mass is 35.5. The molecule has 0 radical (unpaired) electrons. The van der Waals surface area contributed by atoms with Crippen LogP contribution in [0.5, 0.6) is 0 Å². The summed E-state index contributed by atoms with van der Waals surface area (Å²) >= 11 is 12.4. The van der Waals surface area contributed by atoms with Crippen molar-refractivity contribution in [1.29, 1.82) is 5.26 Å². The molecule has 2 aromatic rings. The zero-order valence-electron chi connectivity index (χ0n) is 11.7. The van der Waals surface area contributed by atoms with Crippen LogP contribution in [0.3, 0.4) is 0 Å². The molecule has 2 aromatic carbocycles. The van der Waals surface area contributed by atoms with Gasteiger partial charge in [-0.25, -0.2) is 0 Å². The van der Waals surface area contributed by atoms with Crippen LogP contribution in [0, 0.1) is 11.3 Å². The van der Waals surface area contributed by atoms with Gasteiger partial charge in [0.1, 0.15) is 6.07 Å². The summed E-state index contributed by atoms with van der Waals surface area (Å²) in [6, 6.07) is 13.8. The molecule has 1 aliphatic carbocycles. The molecule has 112 valence electrons. The molecule has 0 saturated carbocycles. The largest absolute Gasteiger partial charge is 0.504 e. The first kappa shape index (κ1) is 15.4. The second-order valence-electron chi connectivity index (χ2n) is 4.90. The highest BCUT2D eigenvalue weighted by Crippen LogP contribution is 2.39. The van der Waals surface area contributed by atoms with Crippen LogP contribution in [0.15, 0.2) is 54.3 Å². The van der Waals surface area contributed by atoms with E-state index < -0.39 is 11.5 Å². The summed E-state index contributed by atoms with van der Waals surface area (Å²) in [5, 5.41) is 20.2. The molecule has 0 spiro atoms. The number of carbonyl (C=O) groups excluding carboxylic acids is 1. The highest BCUT2D eigenvalue weighted by Gasteiger charge is 2.26. The van der Waals surface area contributed by atoms with E-state index >= 15 is 0 Å². The molecule has 0 heterocycles. The summed E-state index contributed by atoms with van der Waals surface area (Å²) in [7, 11) is 0. The molecule has 0 fully saturated rings. The van der Waals surface area contributed by atoms with E-state index in [9.17, 15) is 15.2 Å². The van der Waals surface area contributed by atoms with Gasteiger partial charge in [0, 0.05) is 16.7 Å². The SMILES string of the molecule is N#C/C(=C1\C=C(O)C(=O)c2ccccc21)c1c(Cl)cccc1Cl. The average molecular weight is 342 g/mol. The average Bonchev–Trinajstić information content (AvgIpc) is 2.55. The van der Waals surface area contributed by atoms with Crippen molar-refractivity contribution >= 4 is 40.1 Å². The summed E-state index contributed by atoms with van der Waals surface area (Å²) in [5.74, 6) is -0.901. The summed E-state index contributed by atoms with van der Waals surface area (Å²) in [6.45, 7) is 0. The van der Waals surface area contributed by atoms with Crippen molar-refractivity contribution in [2.75, 3.05) is 0 Å². The molecule has 5 heteroatoms. The number of hydrogen-bond donors (Lipinski definition) is 1. The molecule has 0 saturated heterocycles. The number of carbonyl (C=O) groups is 1. The zero-order valence-corrected chi connectivity index (χ0v) is 13.2. The molecule has 23 heavy (non-hydrogen) atoms. The molecule has 0 amide bonds. The van der Waals surface area contributed by atoms with Crippen molar-refractivity contribution in [2.24, 2.45) is 0 Å². The van der Waals surface area contributed by atoms with E-state index in [1.807, 2.05) is 0 Å². The maximum Gasteiger partial charge on any atom is 0.227 e. The van der Waals surface area contributed by atoms with Gasteiger partial charge in [0.25, 0.3) is 0 Å². The van der Waals surface area contributed by atoms with E-state index in [2.05, 4.69) is 6.07 Å². The number of nitrogens with zero attached hydrogens (tertiary/aromatic N) is 1. The van der Waals surface area contributed by atoms with E-state index in [0.717, 1.165) is 0 Å².